The number of carboxylic acid groups (broad SMARTS) is 1. The van der Waals surface area contributed by atoms with Gasteiger partial charge in [-0.3, -0.25) is 4.79 Å². The van der Waals surface area contributed by atoms with Gasteiger partial charge in [0.15, 0.2) is 0 Å². The Kier molecular flexibility index (Phi) is 3.00. The van der Waals surface area contributed by atoms with Gasteiger partial charge in [0, 0.05) is 0 Å². The van der Waals surface area contributed by atoms with E-state index in [-0.39, 0.29) is 12.2 Å². The van der Waals surface area contributed by atoms with Crippen molar-refractivity contribution >= 4 is 5.97 Å². The average molecular weight is 201 g/mol. The lowest BCUT2D eigenvalue weighted by atomic mass is 10.0. The van der Waals surface area contributed by atoms with Crippen molar-refractivity contribution in [1.82, 2.24) is 5.32 Å². The number of piperidine rings is 1. The first kappa shape index (κ1) is 9.89. The van der Waals surface area contributed by atoms with Gasteiger partial charge in [-0.2, -0.15) is 0 Å². The smallest absolute Gasteiger partial charge is 0.320 e. The molecular formula is C9H15NO4. The fourth-order valence-corrected chi connectivity index (χ4v) is 1.76. The van der Waals surface area contributed by atoms with E-state index in [0.717, 1.165) is 13.0 Å². The summed E-state index contributed by atoms with van der Waals surface area (Å²) in [6.07, 6.45) is 1.71. The van der Waals surface area contributed by atoms with Gasteiger partial charge in [-0.05, 0) is 19.4 Å². The number of rotatable bonds is 3. The molecule has 2 N–H and O–H groups in total. The minimum Gasteiger partial charge on any atom is -0.480 e. The van der Waals surface area contributed by atoms with Crippen LogP contribution in [-0.4, -0.2) is 49.1 Å². The third-order valence-corrected chi connectivity index (χ3v) is 2.65. The molecule has 0 radical (unpaired) electrons. The second kappa shape index (κ2) is 4.25. The minimum absolute atomic E-state index is 0.0752. The van der Waals surface area contributed by atoms with Crippen LogP contribution in [0.5, 0.6) is 0 Å². The molecule has 2 unspecified atom stereocenters. The van der Waals surface area contributed by atoms with E-state index in [4.69, 9.17) is 14.6 Å². The SMILES string of the molecule is O=C(O)C1CC(OC2COC2)CCN1. The molecule has 5 heteroatoms. The van der Waals surface area contributed by atoms with Crippen LogP contribution in [-0.2, 0) is 14.3 Å². The van der Waals surface area contributed by atoms with Crippen LogP contribution in [0.3, 0.4) is 0 Å². The highest BCUT2D eigenvalue weighted by molar-refractivity contribution is 5.73. The van der Waals surface area contributed by atoms with Crippen molar-refractivity contribution in [1.29, 1.82) is 0 Å². The quantitative estimate of drug-likeness (QED) is 0.650. The fraction of sp³-hybridized carbons (Fsp3) is 0.889. The summed E-state index contributed by atoms with van der Waals surface area (Å²) in [4.78, 5) is 10.7. The lowest BCUT2D eigenvalue weighted by Gasteiger charge is -2.34. The molecule has 2 aliphatic heterocycles. The Hall–Kier alpha value is -0.650. The Bertz CT molecular complexity index is 217. The summed E-state index contributed by atoms with van der Waals surface area (Å²) in [5, 5.41) is 11.8. The highest BCUT2D eigenvalue weighted by Crippen LogP contribution is 2.17. The highest BCUT2D eigenvalue weighted by atomic mass is 16.6. The predicted molar refractivity (Wildman–Crippen MR) is 48.1 cm³/mol. The Balaban J connectivity index is 1.78. The van der Waals surface area contributed by atoms with Gasteiger partial charge in [0.2, 0.25) is 0 Å². The van der Waals surface area contributed by atoms with Crippen molar-refractivity contribution in [3.63, 3.8) is 0 Å². The maximum atomic E-state index is 10.7. The van der Waals surface area contributed by atoms with E-state index >= 15 is 0 Å². The Labute approximate surface area is 82.4 Å². The van der Waals surface area contributed by atoms with Gasteiger partial charge >= 0.3 is 5.97 Å². The molecule has 0 bridgehead atoms. The molecule has 80 valence electrons. The maximum absolute atomic E-state index is 10.7. The zero-order valence-electron chi connectivity index (χ0n) is 7.94. The molecule has 0 aromatic heterocycles. The summed E-state index contributed by atoms with van der Waals surface area (Å²) in [6, 6.07) is -0.449. The van der Waals surface area contributed by atoms with E-state index < -0.39 is 12.0 Å². The van der Waals surface area contributed by atoms with Crippen molar-refractivity contribution in [2.45, 2.75) is 31.1 Å². The van der Waals surface area contributed by atoms with Gasteiger partial charge in [0.1, 0.15) is 12.1 Å². The lowest BCUT2D eigenvalue weighted by molar-refractivity contribution is -0.165. The van der Waals surface area contributed by atoms with Gasteiger partial charge < -0.3 is 19.9 Å². The highest BCUT2D eigenvalue weighted by Gasteiger charge is 2.30. The minimum atomic E-state index is -0.789. The first-order chi connectivity index (χ1) is 6.75. The maximum Gasteiger partial charge on any atom is 0.320 e. The third-order valence-electron chi connectivity index (χ3n) is 2.65. The molecular weight excluding hydrogens is 186 g/mol. The van der Waals surface area contributed by atoms with Crippen molar-refractivity contribution in [3.05, 3.63) is 0 Å². The van der Waals surface area contributed by atoms with E-state index in [0.29, 0.717) is 19.6 Å². The Morgan fingerprint density at radius 1 is 1.43 bits per heavy atom. The van der Waals surface area contributed by atoms with E-state index in [1.165, 1.54) is 0 Å². The van der Waals surface area contributed by atoms with E-state index in [1.807, 2.05) is 0 Å². The van der Waals surface area contributed by atoms with Crippen molar-refractivity contribution in [3.8, 4) is 0 Å². The summed E-state index contributed by atoms with van der Waals surface area (Å²) in [5.74, 6) is -0.789. The first-order valence-corrected chi connectivity index (χ1v) is 4.95. The van der Waals surface area contributed by atoms with E-state index in [1.54, 1.807) is 0 Å². The van der Waals surface area contributed by atoms with Crippen molar-refractivity contribution < 1.29 is 19.4 Å². The van der Waals surface area contributed by atoms with E-state index in [9.17, 15) is 4.79 Å². The van der Waals surface area contributed by atoms with Crippen LogP contribution in [0.1, 0.15) is 12.8 Å². The Morgan fingerprint density at radius 2 is 2.21 bits per heavy atom. The third kappa shape index (κ3) is 2.23. The molecule has 0 spiro atoms. The normalized spacial score (nSPS) is 33.7. The standard InChI is InChI=1S/C9H15NO4/c11-9(12)8-3-6(1-2-10-8)14-7-4-13-5-7/h6-8,10H,1-5H2,(H,11,12). The number of carbonyl (C=O) groups is 1. The largest absolute Gasteiger partial charge is 0.480 e. The second-order valence-electron chi connectivity index (χ2n) is 3.79. The monoisotopic (exact) mass is 201 g/mol. The van der Waals surface area contributed by atoms with Crippen LogP contribution < -0.4 is 5.32 Å². The van der Waals surface area contributed by atoms with Crippen LogP contribution in [0.2, 0.25) is 0 Å². The predicted octanol–water partition coefficient (Wildman–Crippen LogP) is -0.393. The van der Waals surface area contributed by atoms with Crippen LogP contribution in [0.25, 0.3) is 0 Å². The van der Waals surface area contributed by atoms with E-state index in [2.05, 4.69) is 5.32 Å². The van der Waals surface area contributed by atoms with Crippen LogP contribution in [0.4, 0.5) is 0 Å². The molecule has 2 atom stereocenters. The molecule has 2 fully saturated rings. The van der Waals surface area contributed by atoms with Crippen molar-refractivity contribution in [2.24, 2.45) is 0 Å². The zero-order valence-corrected chi connectivity index (χ0v) is 7.94. The van der Waals surface area contributed by atoms with Gasteiger partial charge in [-0.25, -0.2) is 0 Å². The number of hydrogen-bond donors (Lipinski definition) is 2. The average Bonchev–Trinajstić information content (AvgIpc) is 2.12. The van der Waals surface area contributed by atoms with Crippen LogP contribution >= 0.6 is 0 Å². The summed E-state index contributed by atoms with van der Waals surface area (Å²) < 4.78 is 10.7. The fourth-order valence-electron chi connectivity index (χ4n) is 1.76. The molecule has 0 aromatic carbocycles. The number of hydrogen-bond acceptors (Lipinski definition) is 4. The number of ether oxygens (including phenoxy) is 2. The molecule has 2 aliphatic rings. The van der Waals surface area contributed by atoms with Gasteiger partial charge in [0.25, 0.3) is 0 Å². The van der Waals surface area contributed by atoms with Gasteiger partial charge in [-0.15, -0.1) is 0 Å². The first-order valence-electron chi connectivity index (χ1n) is 4.95. The molecule has 0 amide bonds. The molecule has 0 saturated carbocycles. The molecule has 2 heterocycles. The van der Waals surface area contributed by atoms with Gasteiger partial charge in [0.05, 0.1) is 19.3 Å². The summed E-state index contributed by atoms with van der Waals surface area (Å²) >= 11 is 0. The number of carboxylic acids is 1. The van der Waals surface area contributed by atoms with Crippen LogP contribution in [0, 0.1) is 0 Å². The molecule has 14 heavy (non-hydrogen) atoms. The molecule has 5 nitrogen and oxygen atoms in total. The molecule has 2 saturated heterocycles. The van der Waals surface area contributed by atoms with Gasteiger partial charge in [-0.1, -0.05) is 0 Å². The summed E-state index contributed by atoms with van der Waals surface area (Å²) in [6.45, 7) is 2.03. The Morgan fingerprint density at radius 3 is 2.79 bits per heavy atom. The lowest BCUT2D eigenvalue weighted by Crippen LogP contribution is -2.48. The molecule has 0 aromatic rings. The topological polar surface area (TPSA) is 67.8 Å². The zero-order chi connectivity index (χ0) is 9.97. The molecule has 0 aliphatic carbocycles. The van der Waals surface area contributed by atoms with Crippen molar-refractivity contribution in [2.75, 3.05) is 19.8 Å². The molecule has 2 rings (SSSR count). The number of nitrogens with one attached hydrogen (secondary N) is 1. The number of aliphatic carboxylic acids is 1. The summed E-state index contributed by atoms with van der Waals surface area (Å²) in [5.41, 5.74) is 0. The summed E-state index contributed by atoms with van der Waals surface area (Å²) in [7, 11) is 0. The van der Waals surface area contributed by atoms with Crippen LogP contribution in [0.15, 0.2) is 0 Å². The second-order valence-corrected chi connectivity index (χ2v) is 3.79.